The van der Waals surface area contributed by atoms with Gasteiger partial charge in [-0.3, -0.25) is 0 Å². The van der Waals surface area contributed by atoms with Crippen molar-refractivity contribution in [2.24, 2.45) is 0 Å². The van der Waals surface area contributed by atoms with Gasteiger partial charge in [-0.15, -0.1) is 0 Å². The molecule has 5 heteroatoms. The van der Waals surface area contributed by atoms with Gasteiger partial charge < -0.3 is 5.32 Å². The molecule has 0 radical (unpaired) electrons. The van der Waals surface area contributed by atoms with Crippen molar-refractivity contribution in [1.82, 2.24) is 19.6 Å². The summed E-state index contributed by atoms with van der Waals surface area (Å²) in [7, 11) is 0. The van der Waals surface area contributed by atoms with Crippen LogP contribution in [0.5, 0.6) is 0 Å². The van der Waals surface area contributed by atoms with Crippen LogP contribution in [-0.2, 0) is 6.54 Å². The average molecular weight is 343 g/mol. The number of benzene rings is 2. The number of aromatic nitrogens is 4. The SMILES string of the molecule is Cc1cc(C)n(-c2ccc(CNc3ccccc3-n3cccn3)cc2)n1. The maximum absolute atomic E-state index is 4.54. The van der Waals surface area contributed by atoms with E-state index in [1.807, 2.05) is 40.7 Å². The van der Waals surface area contributed by atoms with Gasteiger partial charge in [-0.2, -0.15) is 10.2 Å². The second-order valence-corrected chi connectivity index (χ2v) is 6.33. The van der Waals surface area contributed by atoms with Crippen LogP contribution in [0.4, 0.5) is 5.69 Å². The molecule has 0 atom stereocenters. The van der Waals surface area contributed by atoms with Gasteiger partial charge in [0.05, 0.1) is 22.8 Å². The second-order valence-electron chi connectivity index (χ2n) is 6.33. The molecule has 4 aromatic rings. The lowest BCUT2D eigenvalue weighted by molar-refractivity contribution is 0.832. The normalized spacial score (nSPS) is 10.8. The summed E-state index contributed by atoms with van der Waals surface area (Å²) in [4.78, 5) is 0. The fraction of sp³-hybridized carbons (Fsp3) is 0.143. The highest BCUT2D eigenvalue weighted by Crippen LogP contribution is 2.20. The number of hydrogen-bond acceptors (Lipinski definition) is 3. The number of anilines is 1. The zero-order chi connectivity index (χ0) is 17.9. The topological polar surface area (TPSA) is 47.7 Å². The summed E-state index contributed by atoms with van der Waals surface area (Å²) >= 11 is 0. The Hall–Kier alpha value is -3.34. The molecule has 0 aliphatic rings. The molecule has 26 heavy (non-hydrogen) atoms. The Bertz CT molecular complexity index is 997. The van der Waals surface area contributed by atoms with Gasteiger partial charge >= 0.3 is 0 Å². The summed E-state index contributed by atoms with van der Waals surface area (Å²) in [5.74, 6) is 0. The molecule has 130 valence electrons. The molecule has 0 spiro atoms. The van der Waals surface area contributed by atoms with E-state index < -0.39 is 0 Å². The first kappa shape index (κ1) is 16.1. The van der Waals surface area contributed by atoms with Crippen molar-refractivity contribution >= 4 is 5.69 Å². The van der Waals surface area contributed by atoms with Gasteiger partial charge in [-0.1, -0.05) is 24.3 Å². The third kappa shape index (κ3) is 3.24. The van der Waals surface area contributed by atoms with E-state index in [2.05, 4.69) is 64.9 Å². The number of hydrogen-bond donors (Lipinski definition) is 1. The van der Waals surface area contributed by atoms with Crippen molar-refractivity contribution in [1.29, 1.82) is 0 Å². The molecule has 5 nitrogen and oxygen atoms in total. The van der Waals surface area contributed by atoms with Crippen LogP contribution >= 0.6 is 0 Å². The first-order valence-corrected chi connectivity index (χ1v) is 8.66. The quantitative estimate of drug-likeness (QED) is 0.588. The predicted molar refractivity (Wildman–Crippen MR) is 104 cm³/mol. The number of rotatable bonds is 5. The maximum Gasteiger partial charge on any atom is 0.0876 e. The first-order valence-electron chi connectivity index (χ1n) is 8.66. The van der Waals surface area contributed by atoms with Gasteiger partial charge in [0, 0.05) is 24.6 Å². The van der Waals surface area contributed by atoms with Crippen LogP contribution in [0.2, 0.25) is 0 Å². The van der Waals surface area contributed by atoms with E-state index in [9.17, 15) is 0 Å². The Morgan fingerprint density at radius 3 is 2.46 bits per heavy atom. The van der Waals surface area contributed by atoms with Gasteiger partial charge in [-0.25, -0.2) is 9.36 Å². The zero-order valence-electron chi connectivity index (χ0n) is 14.9. The molecule has 0 fully saturated rings. The summed E-state index contributed by atoms with van der Waals surface area (Å²) in [5, 5.41) is 12.4. The monoisotopic (exact) mass is 343 g/mol. The van der Waals surface area contributed by atoms with E-state index >= 15 is 0 Å². The van der Waals surface area contributed by atoms with Crippen LogP contribution in [-0.4, -0.2) is 19.6 Å². The Labute approximate surface area is 152 Å². The van der Waals surface area contributed by atoms with Crippen LogP contribution in [0.3, 0.4) is 0 Å². The largest absolute Gasteiger partial charge is 0.379 e. The van der Waals surface area contributed by atoms with E-state index in [4.69, 9.17) is 0 Å². The highest BCUT2D eigenvalue weighted by molar-refractivity contribution is 5.60. The minimum atomic E-state index is 0.746. The lowest BCUT2D eigenvalue weighted by Gasteiger charge is -2.12. The van der Waals surface area contributed by atoms with Crippen molar-refractivity contribution < 1.29 is 0 Å². The number of nitrogens with zero attached hydrogens (tertiary/aromatic N) is 4. The predicted octanol–water partition coefficient (Wildman–Crippen LogP) is 4.29. The fourth-order valence-electron chi connectivity index (χ4n) is 3.08. The first-order chi connectivity index (χ1) is 12.7. The van der Waals surface area contributed by atoms with Crippen LogP contribution in [0.1, 0.15) is 17.0 Å². The van der Waals surface area contributed by atoms with E-state index in [1.54, 1.807) is 6.20 Å². The van der Waals surface area contributed by atoms with E-state index in [0.29, 0.717) is 0 Å². The molecule has 0 unspecified atom stereocenters. The summed E-state index contributed by atoms with van der Waals surface area (Å²) in [6.07, 6.45) is 3.73. The maximum atomic E-state index is 4.54. The van der Waals surface area contributed by atoms with E-state index in [0.717, 1.165) is 35.0 Å². The Morgan fingerprint density at radius 1 is 0.962 bits per heavy atom. The summed E-state index contributed by atoms with van der Waals surface area (Å²) in [5.41, 5.74) is 6.56. The van der Waals surface area contributed by atoms with Crippen LogP contribution < -0.4 is 5.32 Å². The average Bonchev–Trinajstić information content (AvgIpc) is 3.30. The molecular weight excluding hydrogens is 322 g/mol. The Morgan fingerprint density at radius 2 is 1.77 bits per heavy atom. The number of aryl methyl sites for hydroxylation is 2. The number of para-hydroxylation sites is 2. The van der Waals surface area contributed by atoms with E-state index in [-0.39, 0.29) is 0 Å². The molecule has 0 amide bonds. The molecule has 0 bridgehead atoms. The van der Waals surface area contributed by atoms with Crippen molar-refractivity contribution in [3.8, 4) is 11.4 Å². The molecule has 2 aromatic carbocycles. The molecular formula is C21H21N5. The standard InChI is InChI=1S/C21H21N5/c1-16-14-17(2)26(24-16)19-10-8-18(9-11-19)15-22-20-6-3-4-7-21(20)25-13-5-12-23-25/h3-14,22H,15H2,1-2H3. The third-order valence-electron chi connectivity index (χ3n) is 4.33. The van der Waals surface area contributed by atoms with Gasteiger partial charge in [-0.05, 0) is 55.8 Å². The van der Waals surface area contributed by atoms with Gasteiger partial charge in [0.2, 0.25) is 0 Å². The van der Waals surface area contributed by atoms with Gasteiger partial charge in [0.1, 0.15) is 0 Å². The molecule has 4 rings (SSSR count). The van der Waals surface area contributed by atoms with Crippen molar-refractivity contribution in [3.05, 3.63) is 90.0 Å². The smallest absolute Gasteiger partial charge is 0.0876 e. The summed E-state index contributed by atoms with van der Waals surface area (Å²) in [6.45, 7) is 4.83. The lowest BCUT2D eigenvalue weighted by Crippen LogP contribution is -2.05. The molecule has 1 N–H and O–H groups in total. The minimum absolute atomic E-state index is 0.746. The Balaban J connectivity index is 1.50. The highest BCUT2D eigenvalue weighted by Gasteiger charge is 2.06. The van der Waals surface area contributed by atoms with Crippen LogP contribution in [0, 0.1) is 13.8 Å². The summed E-state index contributed by atoms with van der Waals surface area (Å²) < 4.78 is 3.84. The molecule has 2 heterocycles. The molecule has 2 aromatic heterocycles. The highest BCUT2D eigenvalue weighted by atomic mass is 15.3. The van der Waals surface area contributed by atoms with Crippen LogP contribution in [0.15, 0.2) is 73.1 Å². The van der Waals surface area contributed by atoms with Crippen molar-refractivity contribution in [2.75, 3.05) is 5.32 Å². The molecule has 0 saturated carbocycles. The number of nitrogens with one attached hydrogen (secondary N) is 1. The van der Waals surface area contributed by atoms with E-state index in [1.165, 1.54) is 5.56 Å². The zero-order valence-corrected chi connectivity index (χ0v) is 14.9. The molecule has 0 aliphatic carbocycles. The molecule has 0 aliphatic heterocycles. The van der Waals surface area contributed by atoms with Crippen LogP contribution in [0.25, 0.3) is 11.4 Å². The van der Waals surface area contributed by atoms with Crippen molar-refractivity contribution in [3.63, 3.8) is 0 Å². The molecule has 0 saturated heterocycles. The third-order valence-corrected chi connectivity index (χ3v) is 4.33. The lowest BCUT2D eigenvalue weighted by atomic mass is 10.2. The van der Waals surface area contributed by atoms with Crippen molar-refractivity contribution in [2.45, 2.75) is 20.4 Å². The minimum Gasteiger partial charge on any atom is -0.379 e. The Kier molecular flexibility index (Phi) is 4.27. The second kappa shape index (κ2) is 6.88. The van der Waals surface area contributed by atoms with Gasteiger partial charge in [0.15, 0.2) is 0 Å². The fourth-order valence-corrected chi connectivity index (χ4v) is 3.08. The summed E-state index contributed by atoms with van der Waals surface area (Å²) in [6, 6.07) is 20.7. The van der Waals surface area contributed by atoms with Gasteiger partial charge in [0.25, 0.3) is 0 Å².